The lowest BCUT2D eigenvalue weighted by Crippen LogP contribution is -2.00. The van der Waals surface area contributed by atoms with Crippen LogP contribution in [0.4, 0.5) is 0 Å². The summed E-state index contributed by atoms with van der Waals surface area (Å²) in [6.07, 6.45) is 9.25. The summed E-state index contributed by atoms with van der Waals surface area (Å²) in [5.41, 5.74) is 4.03. The molecule has 2 aromatic carbocycles. The number of para-hydroxylation sites is 2. The highest BCUT2D eigenvalue weighted by Crippen LogP contribution is 2.25. The van der Waals surface area contributed by atoms with Crippen LogP contribution in [0.2, 0.25) is 0 Å². The number of aryl methyl sites for hydroxylation is 1. The van der Waals surface area contributed by atoms with Gasteiger partial charge < -0.3 is 4.57 Å². The van der Waals surface area contributed by atoms with E-state index in [-0.39, 0.29) is 0 Å². The Kier molecular flexibility index (Phi) is 5.52. The summed E-state index contributed by atoms with van der Waals surface area (Å²) in [7, 11) is 0. The Morgan fingerprint density at radius 3 is 2.26 bits per heavy atom. The van der Waals surface area contributed by atoms with Crippen molar-refractivity contribution in [3.8, 4) is 5.69 Å². The first-order valence-corrected chi connectivity index (χ1v) is 9.05. The Morgan fingerprint density at radius 2 is 1.43 bits per heavy atom. The molecular weight excluding hydrogens is 278 g/mol. The van der Waals surface area contributed by atoms with Gasteiger partial charge in [0.05, 0.1) is 5.52 Å². The lowest BCUT2D eigenvalue weighted by atomic mass is 10.1. The molecule has 0 bridgehead atoms. The van der Waals surface area contributed by atoms with E-state index in [0.717, 1.165) is 6.42 Å². The molecule has 3 aromatic rings. The Labute approximate surface area is 140 Å². The van der Waals surface area contributed by atoms with Crippen molar-refractivity contribution >= 4 is 10.9 Å². The van der Waals surface area contributed by atoms with Crippen LogP contribution in [0.1, 0.15) is 51.1 Å². The molecule has 0 saturated carbocycles. The molecule has 120 valence electrons. The van der Waals surface area contributed by atoms with Crippen molar-refractivity contribution in [3.05, 3.63) is 66.4 Å². The first-order chi connectivity index (χ1) is 11.4. The van der Waals surface area contributed by atoms with Gasteiger partial charge in [-0.05, 0) is 37.1 Å². The van der Waals surface area contributed by atoms with Crippen LogP contribution in [0, 0.1) is 0 Å². The fourth-order valence-electron chi connectivity index (χ4n) is 3.36. The third-order valence-electron chi connectivity index (χ3n) is 4.59. The summed E-state index contributed by atoms with van der Waals surface area (Å²) in [5.74, 6) is 0. The van der Waals surface area contributed by atoms with Crippen LogP contribution < -0.4 is 0 Å². The molecule has 3 rings (SSSR count). The SMILES string of the molecule is CCCCCCCCc1cc2ccccc2n1-c1ccccc1. The van der Waals surface area contributed by atoms with Crippen LogP contribution in [0.3, 0.4) is 0 Å². The zero-order chi connectivity index (χ0) is 15.9. The quantitative estimate of drug-likeness (QED) is 0.417. The standard InChI is InChI=1S/C22H27N/c1-2-3-4-5-6-8-16-21-18-19-13-11-12-17-22(19)23(21)20-14-9-7-10-15-20/h7,9-15,17-18H,2-6,8,16H2,1H3. The molecule has 0 fully saturated rings. The number of hydrogen-bond donors (Lipinski definition) is 0. The molecule has 0 amide bonds. The second-order valence-corrected chi connectivity index (χ2v) is 6.38. The van der Waals surface area contributed by atoms with Crippen molar-refractivity contribution in [2.45, 2.75) is 51.9 Å². The lowest BCUT2D eigenvalue weighted by molar-refractivity contribution is 0.603. The van der Waals surface area contributed by atoms with Crippen molar-refractivity contribution < 1.29 is 0 Å². The van der Waals surface area contributed by atoms with Gasteiger partial charge in [-0.2, -0.15) is 0 Å². The van der Waals surface area contributed by atoms with Gasteiger partial charge in [0.25, 0.3) is 0 Å². The molecular formula is C22H27N. The highest BCUT2D eigenvalue weighted by atomic mass is 15.0. The Balaban J connectivity index is 1.79. The average Bonchev–Trinajstić information content (AvgIpc) is 2.97. The van der Waals surface area contributed by atoms with Gasteiger partial charge in [0, 0.05) is 16.8 Å². The van der Waals surface area contributed by atoms with E-state index < -0.39 is 0 Å². The topological polar surface area (TPSA) is 4.93 Å². The number of rotatable bonds is 8. The van der Waals surface area contributed by atoms with Crippen LogP contribution in [-0.2, 0) is 6.42 Å². The minimum absolute atomic E-state index is 1.16. The molecule has 0 aliphatic heterocycles. The molecule has 0 N–H and O–H groups in total. The fourth-order valence-corrected chi connectivity index (χ4v) is 3.36. The predicted molar refractivity (Wildman–Crippen MR) is 100 cm³/mol. The summed E-state index contributed by atoms with van der Waals surface area (Å²) in [6, 6.07) is 21.8. The molecule has 0 radical (unpaired) electrons. The van der Waals surface area contributed by atoms with Crippen LogP contribution in [0.25, 0.3) is 16.6 Å². The highest BCUT2D eigenvalue weighted by Gasteiger charge is 2.09. The van der Waals surface area contributed by atoms with Gasteiger partial charge in [-0.25, -0.2) is 0 Å². The summed E-state index contributed by atoms with van der Waals surface area (Å²) in [4.78, 5) is 0. The number of hydrogen-bond acceptors (Lipinski definition) is 0. The van der Waals surface area contributed by atoms with Gasteiger partial charge in [0.15, 0.2) is 0 Å². The molecule has 0 spiro atoms. The monoisotopic (exact) mass is 305 g/mol. The number of unbranched alkanes of at least 4 members (excludes halogenated alkanes) is 5. The molecule has 1 aromatic heterocycles. The van der Waals surface area contributed by atoms with Crippen LogP contribution in [0.5, 0.6) is 0 Å². The Hall–Kier alpha value is -2.02. The van der Waals surface area contributed by atoms with Gasteiger partial charge in [0.1, 0.15) is 0 Å². The molecule has 0 unspecified atom stereocenters. The van der Waals surface area contributed by atoms with E-state index in [4.69, 9.17) is 0 Å². The van der Waals surface area contributed by atoms with E-state index in [2.05, 4.69) is 72.2 Å². The summed E-state index contributed by atoms with van der Waals surface area (Å²) in [5, 5.41) is 1.34. The first kappa shape index (κ1) is 15.9. The molecule has 23 heavy (non-hydrogen) atoms. The van der Waals surface area contributed by atoms with Gasteiger partial charge in [-0.3, -0.25) is 0 Å². The third kappa shape index (κ3) is 3.85. The summed E-state index contributed by atoms with van der Waals surface area (Å²) >= 11 is 0. The predicted octanol–water partition coefficient (Wildman–Crippen LogP) is 6.53. The molecule has 0 atom stereocenters. The minimum Gasteiger partial charge on any atom is -0.314 e. The second-order valence-electron chi connectivity index (χ2n) is 6.38. The smallest absolute Gasteiger partial charge is 0.0531 e. The van der Waals surface area contributed by atoms with Crippen molar-refractivity contribution in [1.29, 1.82) is 0 Å². The maximum atomic E-state index is 2.43. The van der Waals surface area contributed by atoms with Gasteiger partial charge in [0.2, 0.25) is 0 Å². The fraction of sp³-hybridized carbons (Fsp3) is 0.364. The van der Waals surface area contributed by atoms with Crippen molar-refractivity contribution in [3.63, 3.8) is 0 Å². The van der Waals surface area contributed by atoms with Crippen LogP contribution >= 0.6 is 0 Å². The highest BCUT2D eigenvalue weighted by molar-refractivity contribution is 5.83. The lowest BCUT2D eigenvalue weighted by Gasteiger charge is -2.11. The summed E-state index contributed by atoms with van der Waals surface area (Å²) in [6.45, 7) is 2.28. The van der Waals surface area contributed by atoms with E-state index >= 15 is 0 Å². The molecule has 1 nitrogen and oxygen atoms in total. The Bertz CT molecular complexity index is 724. The number of benzene rings is 2. The maximum Gasteiger partial charge on any atom is 0.0531 e. The minimum atomic E-state index is 1.16. The molecule has 0 aliphatic carbocycles. The average molecular weight is 305 g/mol. The summed E-state index contributed by atoms with van der Waals surface area (Å²) < 4.78 is 2.43. The molecule has 0 aliphatic rings. The van der Waals surface area contributed by atoms with Crippen LogP contribution in [0.15, 0.2) is 60.7 Å². The number of aromatic nitrogens is 1. The van der Waals surface area contributed by atoms with E-state index in [1.807, 2.05) is 0 Å². The van der Waals surface area contributed by atoms with Crippen molar-refractivity contribution in [2.75, 3.05) is 0 Å². The molecule has 1 heterocycles. The van der Waals surface area contributed by atoms with Gasteiger partial charge in [-0.1, -0.05) is 75.4 Å². The van der Waals surface area contributed by atoms with E-state index in [9.17, 15) is 0 Å². The van der Waals surface area contributed by atoms with Gasteiger partial charge >= 0.3 is 0 Å². The number of fused-ring (bicyclic) bond motifs is 1. The molecule has 1 heteroatoms. The van der Waals surface area contributed by atoms with E-state index in [1.54, 1.807) is 0 Å². The first-order valence-electron chi connectivity index (χ1n) is 9.05. The Morgan fingerprint density at radius 1 is 0.739 bits per heavy atom. The molecule has 0 saturated heterocycles. The number of nitrogens with zero attached hydrogens (tertiary/aromatic N) is 1. The largest absolute Gasteiger partial charge is 0.314 e. The van der Waals surface area contributed by atoms with E-state index in [0.29, 0.717) is 0 Å². The van der Waals surface area contributed by atoms with Crippen molar-refractivity contribution in [2.24, 2.45) is 0 Å². The van der Waals surface area contributed by atoms with Gasteiger partial charge in [-0.15, -0.1) is 0 Å². The van der Waals surface area contributed by atoms with E-state index in [1.165, 1.54) is 60.8 Å². The second kappa shape index (κ2) is 8.01. The zero-order valence-corrected chi connectivity index (χ0v) is 14.2. The van der Waals surface area contributed by atoms with Crippen molar-refractivity contribution in [1.82, 2.24) is 4.57 Å². The maximum absolute atomic E-state index is 2.43. The third-order valence-corrected chi connectivity index (χ3v) is 4.59. The van der Waals surface area contributed by atoms with Crippen LogP contribution in [-0.4, -0.2) is 4.57 Å². The normalized spacial score (nSPS) is 11.2. The zero-order valence-electron chi connectivity index (χ0n) is 14.2.